The number of carbonyl (C=O) groups is 1. The SMILES string of the molecule is O=C(NC[C@H]1CN2CCCC[C@H]2CO1)c1ccc(-n2ccnc2)cc1. The van der Waals surface area contributed by atoms with E-state index in [-0.39, 0.29) is 12.0 Å². The minimum absolute atomic E-state index is 0.0541. The maximum atomic E-state index is 12.4. The van der Waals surface area contributed by atoms with Crippen molar-refractivity contribution in [3.8, 4) is 5.69 Å². The van der Waals surface area contributed by atoms with Gasteiger partial charge >= 0.3 is 0 Å². The lowest BCUT2D eigenvalue weighted by molar-refractivity contribution is -0.0725. The summed E-state index contributed by atoms with van der Waals surface area (Å²) < 4.78 is 7.84. The van der Waals surface area contributed by atoms with Gasteiger partial charge in [-0.25, -0.2) is 4.98 Å². The quantitative estimate of drug-likeness (QED) is 0.923. The lowest BCUT2D eigenvalue weighted by Gasteiger charge is -2.42. The van der Waals surface area contributed by atoms with Crippen molar-refractivity contribution in [2.24, 2.45) is 0 Å². The molecule has 4 rings (SSSR count). The summed E-state index contributed by atoms with van der Waals surface area (Å²) in [6.45, 7) is 3.43. The molecule has 0 aliphatic carbocycles. The molecule has 1 aromatic carbocycles. The number of benzene rings is 1. The van der Waals surface area contributed by atoms with Gasteiger partial charge in [0.05, 0.1) is 19.0 Å². The van der Waals surface area contributed by atoms with Crippen LogP contribution in [0.15, 0.2) is 43.0 Å². The van der Waals surface area contributed by atoms with E-state index in [1.807, 2.05) is 35.0 Å². The van der Waals surface area contributed by atoms with Gasteiger partial charge < -0.3 is 14.6 Å². The number of hydrogen-bond acceptors (Lipinski definition) is 4. The summed E-state index contributed by atoms with van der Waals surface area (Å²) in [7, 11) is 0. The molecule has 2 aliphatic heterocycles. The van der Waals surface area contributed by atoms with Gasteiger partial charge in [0.25, 0.3) is 5.91 Å². The summed E-state index contributed by atoms with van der Waals surface area (Å²) in [5.74, 6) is -0.0541. The van der Waals surface area contributed by atoms with Gasteiger partial charge in [0, 0.05) is 42.8 Å². The predicted molar refractivity (Wildman–Crippen MR) is 94.8 cm³/mol. The fourth-order valence-electron chi connectivity index (χ4n) is 3.68. The number of imidazole rings is 1. The molecule has 6 heteroatoms. The molecular weight excluding hydrogens is 316 g/mol. The van der Waals surface area contributed by atoms with Gasteiger partial charge in [-0.2, -0.15) is 0 Å². The fourth-order valence-corrected chi connectivity index (χ4v) is 3.68. The number of fused-ring (bicyclic) bond motifs is 1. The summed E-state index contributed by atoms with van der Waals surface area (Å²) >= 11 is 0. The van der Waals surface area contributed by atoms with E-state index in [1.54, 1.807) is 12.5 Å². The van der Waals surface area contributed by atoms with Gasteiger partial charge in [0.1, 0.15) is 0 Å². The van der Waals surface area contributed by atoms with Crippen LogP contribution < -0.4 is 5.32 Å². The molecule has 2 fully saturated rings. The molecule has 2 aromatic rings. The molecule has 25 heavy (non-hydrogen) atoms. The number of morpholine rings is 1. The minimum atomic E-state index is -0.0541. The maximum Gasteiger partial charge on any atom is 0.251 e. The Balaban J connectivity index is 1.30. The van der Waals surface area contributed by atoms with Crippen LogP contribution in [0.1, 0.15) is 29.6 Å². The van der Waals surface area contributed by atoms with Gasteiger partial charge in [-0.15, -0.1) is 0 Å². The number of aromatic nitrogens is 2. The Labute approximate surface area is 147 Å². The monoisotopic (exact) mass is 340 g/mol. The molecule has 2 aliphatic rings. The van der Waals surface area contributed by atoms with Crippen LogP contribution in [0.2, 0.25) is 0 Å². The normalized spacial score (nSPS) is 23.8. The highest BCUT2D eigenvalue weighted by molar-refractivity contribution is 5.94. The zero-order valence-electron chi connectivity index (χ0n) is 14.3. The predicted octanol–water partition coefficient (Wildman–Crippen LogP) is 1.86. The third-order valence-electron chi connectivity index (χ3n) is 5.13. The molecule has 0 bridgehead atoms. The molecule has 0 spiro atoms. The van der Waals surface area contributed by atoms with Crippen LogP contribution in [0.3, 0.4) is 0 Å². The molecule has 0 unspecified atom stereocenters. The van der Waals surface area contributed by atoms with Crippen LogP contribution in [0, 0.1) is 0 Å². The Hall–Kier alpha value is -2.18. The second-order valence-corrected chi connectivity index (χ2v) is 6.83. The first-order chi connectivity index (χ1) is 12.3. The number of piperidine rings is 1. The number of hydrogen-bond donors (Lipinski definition) is 1. The topological polar surface area (TPSA) is 59.4 Å². The van der Waals surface area contributed by atoms with Crippen LogP contribution in [0.25, 0.3) is 5.69 Å². The van der Waals surface area contributed by atoms with Gasteiger partial charge in [-0.1, -0.05) is 6.42 Å². The van der Waals surface area contributed by atoms with Crippen molar-refractivity contribution in [1.82, 2.24) is 19.8 Å². The number of nitrogens with zero attached hydrogens (tertiary/aromatic N) is 3. The highest BCUT2D eigenvalue weighted by atomic mass is 16.5. The van der Waals surface area contributed by atoms with Gasteiger partial charge in [0.15, 0.2) is 0 Å². The Morgan fingerprint density at radius 2 is 2.16 bits per heavy atom. The second-order valence-electron chi connectivity index (χ2n) is 6.83. The molecule has 6 nitrogen and oxygen atoms in total. The molecule has 1 N–H and O–H groups in total. The van der Waals surface area contributed by atoms with Gasteiger partial charge in [0.2, 0.25) is 0 Å². The van der Waals surface area contributed by atoms with E-state index in [0.717, 1.165) is 25.4 Å². The van der Waals surface area contributed by atoms with Gasteiger partial charge in [-0.05, 0) is 43.7 Å². The second kappa shape index (κ2) is 7.37. The van der Waals surface area contributed by atoms with E-state index < -0.39 is 0 Å². The third-order valence-corrected chi connectivity index (χ3v) is 5.13. The lowest BCUT2D eigenvalue weighted by atomic mass is 10.0. The van der Waals surface area contributed by atoms with Crippen molar-refractivity contribution >= 4 is 5.91 Å². The zero-order chi connectivity index (χ0) is 17.1. The summed E-state index contributed by atoms with van der Waals surface area (Å²) in [6.07, 6.45) is 9.26. The number of nitrogens with one attached hydrogen (secondary N) is 1. The van der Waals surface area contributed by atoms with Crippen LogP contribution in [0.5, 0.6) is 0 Å². The first-order valence-corrected chi connectivity index (χ1v) is 9.02. The molecule has 1 amide bonds. The van der Waals surface area contributed by atoms with Crippen molar-refractivity contribution in [1.29, 1.82) is 0 Å². The first-order valence-electron chi connectivity index (χ1n) is 9.02. The molecule has 132 valence electrons. The molecule has 2 saturated heterocycles. The first kappa shape index (κ1) is 16.3. The van der Waals surface area contributed by atoms with Crippen LogP contribution in [-0.4, -0.2) is 58.7 Å². The highest BCUT2D eigenvalue weighted by Gasteiger charge is 2.30. The minimum Gasteiger partial charge on any atom is -0.373 e. The van der Waals surface area contributed by atoms with Crippen molar-refractivity contribution in [2.75, 3.05) is 26.2 Å². The third kappa shape index (κ3) is 3.75. The van der Waals surface area contributed by atoms with Crippen LogP contribution in [0.4, 0.5) is 0 Å². The largest absolute Gasteiger partial charge is 0.373 e. The summed E-state index contributed by atoms with van der Waals surface area (Å²) in [5.41, 5.74) is 1.65. The molecule has 1 aromatic heterocycles. The Bertz CT molecular complexity index is 699. The number of amides is 1. The summed E-state index contributed by atoms with van der Waals surface area (Å²) in [6, 6.07) is 8.11. The Kier molecular flexibility index (Phi) is 4.81. The number of ether oxygens (including phenoxy) is 1. The van der Waals surface area contributed by atoms with E-state index in [0.29, 0.717) is 18.2 Å². The Morgan fingerprint density at radius 1 is 1.28 bits per heavy atom. The van der Waals surface area contributed by atoms with E-state index >= 15 is 0 Å². The standard InChI is InChI=1S/C19H24N4O2/c24-19(15-4-6-16(7-5-15)23-10-8-20-14-23)21-11-18-12-22-9-2-1-3-17(22)13-25-18/h4-8,10,14,17-18H,1-3,9,11-13H2,(H,21,24)/t17-,18-/m0/s1. The molecule has 3 heterocycles. The zero-order valence-corrected chi connectivity index (χ0v) is 14.3. The van der Waals surface area contributed by atoms with E-state index in [1.165, 1.54) is 19.3 Å². The van der Waals surface area contributed by atoms with E-state index in [4.69, 9.17) is 4.74 Å². The molecule has 2 atom stereocenters. The molecule has 0 radical (unpaired) electrons. The van der Waals surface area contributed by atoms with Crippen molar-refractivity contribution in [3.05, 3.63) is 48.5 Å². The average molecular weight is 340 g/mol. The highest BCUT2D eigenvalue weighted by Crippen LogP contribution is 2.21. The molecule has 0 saturated carbocycles. The van der Waals surface area contributed by atoms with Crippen molar-refractivity contribution in [2.45, 2.75) is 31.4 Å². The fraction of sp³-hybridized carbons (Fsp3) is 0.474. The van der Waals surface area contributed by atoms with E-state index in [2.05, 4.69) is 15.2 Å². The van der Waals surface area contributed by atoms with Gasteiger partial charge in [-0.3, -0.25) is 9.69 Å². The maximum absolute atomic E-state index is 12.4. The van der Waals surface area contributed by atoms with E-state index in [9.17, 15) is 4.79 Å². The average Bonchev–Trinajstić information content (AvgIpc) is 3.21. The van der Waals surface area contributed by atoms with Crippen LogP contribution in [-0.2, 0) is 4.74 Å². The smallest absolute Gasteiger partial charge is 0.251 e. The summed E-state index contributed by atoms with van der Waals surface area (Å²) in [4.78, 5) is 18.9. The van der Waals surface area contributed by atoms with Crippen molar-refractivity contribution < 1.29 is 9.53 Å². The Morgan fingerprint density at radius 3 is 2.96 bits per heavy atom. The van der Waals surface area contributed by atoms with Crippen molar-refractivity contribution in [3.63, 3.8) is 0 Å². The summed E-state index contributed by atoms with van der Waals surface area (Å²) in [5, 5.41) is 3.01. The number of rotatable bonds is 4. The molecular formula is C19H24N4O2. The lowest BCUT2D eigenvalue weighted by Crippen LogP contribution is -2.54. The van der Waals surface area contributed by atoms with Crippen LogP contribution >= 0.6 is 0 Å². The number of carbonyl (C=O) groups excluding carboxylic acids is 1.